The lowest BCUT2D eigenvalue weighted by molar-refractivity contribution is 0.102. The number of rotatable bonds is 2. The number of nitrogens with one attached hydrogen (secondary N) is 1. The highest BCUT2D eigenvalue weighted by Gasteiger charge is 2.11. The summed E-state index contributed by atoms with van der Waals surface area (Å²) in [4.78, 5) is 16.3. The zero-order valence-corrected chi connectivity index (χ0v) is 12.2. The van der Waals surface area contributed by atoms with Gasteiger partial charge in [-0.3, -0.25) is 4.79 Å². The van der Waals surface area contributed by atoms with Crippen molar-refractivity contribution in [3.8, 4) is 11.8 Å². The predicted molar refractivity (Wildman–Crippen MR) is 82.6 cm³/mol. The Kier molecular flexibility index (Phi) is 5.18. The number of hydrogen-bond acceptors (Lipinski definition) is 3. The maximum atomic E-state index is 12.1. The molecule has 1 aromatic heterocycles. The van der Waals surface area contributed by atoms with E-state index in [9.17, 15) is 4.79 Å². The molecular formula is C15H10Cl2N2O2. The summed E-state index contributed by atoms with van der Waals surface area (Å²) in [6.07, 6.45) is 0. The van der Waals surface area contributed by atoms with Crippen LogP contribution < -0.4 is 5.32 Å². The van der Waals surface area contributed by atoms with Crippen LogP contribution in [-0.2, 0) is 0 Å². The number of aromatic nitrogens is 1. The van der Waals surface area contributed by atoms with Gasteiger partial charge < -0.3 is 10.4 Å². The molecule has 0 aliphatic rings. The number of carbonyl (C=O) groups excluding carboxylic acids is 1. The molecule has 0 bridgehead atoms. The van der Waals surface area contributed by atoms with Gasteiger partial charge in [-0.15, -0.1) is 0 Å². The third-order valence-electron chi connectivity index (χ3n) is 2.46. The summed E-state index contributed by atoms with van der Waals surface area (Å²) in [7, 11) is 0. The highest BCUT2D eigenvalue weighted by molar-refractivity contribution is 6.37. The highest BCUT2D eigenvalue weighted by Crippen LogP contribution is 2.21. The Morgan fingerprint density at radius 1 is 1.29 bits per heavy atom. The number of anilines is 1. The zero-order valence-electron chi connectivity index (χ0n) is 10.7. The number of nitrogens with zero attached hydrogens (tertiary/aromatic N) is 1. The minimum atomic E-state index is -0.392. The molecule has 0 radical (unpaired) electrons. The number of aliphatic hydroxyl groups excluding tert-OH is 1. The van der Waals surface area contributed by atoms with Gasteiger partial charge in [0.05, 0.1) is 10.6 Å². The first-order valence-corrected chi connectivity index (χ1v) is 6.69. The van der Waals surface area contributed by atoms with Gasteiger partial charge in [-0.25, -0.2) is 4.98 Å². The fourth-order valence-electron chi connectivity index (χ4n) is 1.56. The minimum absolute atomic E-state index is 0.251. The van der Waals surface area contributed by atoms with Crippen molar-refractivity contribution in [1.29, 1.82) is 0 Å². The number of benzene rings is 1. The Bertz CT molecular complexity index is 736. The van der Waals surface area contributed by atoms with Gasteiger partial charge in [-0.05, 0) is 36.3 Å². The number of halogens is 2. The molecule has 106 valence electrons. The third-order valence-corrected chi connectivity index (χ3v) is 3.01. The van der Waals surface area contributed by atoms with E-state index >= 15 is 0 Å². The van der Waals surface area contributed by atoms with Gasteiger partial charge in [0.15, 0.2) is 0 Å². The largest absolute Gasteiger partial charge is 0.384 e. The number of hydrogen-bond donors (Lipinski definition) is 2. The molecule has 21 heavy (non-hydrogen) atoms. The van der Waals surface area contributed by atoms with Crippen LogP contribution in [0.25, 0.3) is 0 Å². The standard InChI is InChI=1S/C15H10Cl2N2O2/c16-10-6-7-12(13(17)9-10)15(21)19-14-5-1-3-11(18-14)4-2-8-20/h1,3,5-7,9,20H,8H2,(H,18,19,21). The molecule has 0 atom stereocenters. The van der Waals surface area contributed by atoms with E-state index in [-0.39, 0.29) is 11.6 Å². The van der Waals surface area contributed by atoms with Gasteiger partial charge in [0, 0.05) is 5.02 Å². The van der Waals surface area contributed by atoms with E-state index in [1.54, 1.807) is 24.3 Å². The van der Waals surface area contributed by atoms with Crippen LogP contribution in [0.2, 0.25) is 10.0 Å². The quantitative estimate of drug-likeness (QED) is 0.836. The molecule has 0 saturated heterocycles. The number of amides is 1. The van der Waals surface area contributed by atoms with Gasteiger partial charge in [0.1, 0.15) is 18.1 Å². The lowest BCUT2D eigenvalue weighted by Gasteiger charge is -2.06. The van der Waals surface area contributed by atoms with Crippen LogP contribution >= 0.6 is 23.2 Å². The van der Waals surface area contributed by atoms with E-state index in [1.807, 2.05) is 0 Å². The average molecular weight is 321 g/mol. The molecule has 0 spiro atoms. The first-order chi connectivity index (χ1) is 10.1. The van der Waals surface area contributed by atoms with Crippen LogP contribution in [0, 0.1) is 11.8 Å². The normalized spacial score (nSPS) is 9.67. The van der Waals surface area contributed by atoms with Gasteiger partial charge in [-0.1, -0.05) is 35.2 Å². The summed E-state index contributed by atoms with van der Waals surface area (Å²) in [5, 5.41) is 12.0. The monoisotopic (exact) mass is 320 g/mol. The second kappa shape index (κ2) is 7.09. The van der Waals surface area contributed by atoms with Crippen molar-refractivity contribution in [3.63, 3.8) is 0 Å². The average Bonchev–Trinajstić information content (AvgIpc) is 2.45. The van der Waals surface area contributed by atoms with Crippen molar-refractivity contribution in [2.45, 2.75) is 0 Å². The molecule has 2 N–H and O–H groups in total. The Balaban J connectivity index is 2.19. The molecular weight excluding hydrogens is 311 g/mol. The summed E-state index contributed by atoms with van der Waals surface area (Å²) >= 11 is 11.8. The van der Waals surface area contributed by atoms with Crippen LogP contribution in [-0.4, -0.2) is 22.6 Å². The molecule has 2 aromatic rings. The van der Waals surface area contributed by atoms with Gasteiger partial charge in [0.25, 0.3) is 5.91 Å². The number of carbonyl (C=O) groups is 1. The molecule has 1 heterocycles. The SMILES string of the molecule is O=C(Nc1cccc(C#CCO)n1)c1ccc(Cl)cc1Cl. The van der Waals surface area contributed by atoms with Crippen molar-refractivity contribution in [1.82, 2.24) is 4.98 Å². The molecule has 2 rings (SSSR count). The van der Waals surface area contributed by atoms with E-state index < -0.39 is 5.91 Å². The second-order valence-electron chi connectivity index (χ2n) is 3.95. The van der Waals surface area contributed by atoms with Crippen molar-refractivity contribution < 1.29 is 9.90 Å². The van der Waals surface area contributed by atoms with E-state index in [0.29, 0.717) is 22.1 Å². The summed E-state index contributed by atoms with van der Waals surface area (Å²) < 4.78 is 0. The van der Waals surface area contributed by atoms with Gasteiger partial charge in [-0.2, -0.15) is 0 Å². The molecule has 0 fully saturated rings. The lowest BCUT2D eigenvalue weighted by Crippen LogP contribution is -2.13. The maximum Gasteiger partial charge on any atom is 0.258 e. The van der Waals surface area contributed by atoms with Crippen molar-refractivity contribution in [2.24, 2.45) is 0 Å². The molecule has 0 saturated carbocycles. The van der Waals surface area contributed by atoms with Crippen molar-refractivity contribution >= 4 is 34.9 Å². The Labute approximate surface area is 131 Å². The first-order valence-electron chi connectivity index (χ1n) is 5.93. The second-order valence-corrected chi connectivity index (χ2v) is 4.79. The predicted octanol–water partition coefficient (Wildman–Crippen LogP) is 2.98. The summed E-state index contributed by atoms with van der Waals surface area (Å²) in [6.45, 7) is -0.251. The molecule has 1 aromatic carbocycles. The van der Waals surface area contributed by atoms with Crippen molar-refractivity contribution in [2.75, 3.05) is 11.9 Å². The van der Waals surface area contributed by atoms with Crippen LogP contribution in [0.3, 0.4) is 0 Å². The zero-order chi connectivity index (χ0) is 15.2. The fraction of sp³-hybridized carbons (Fsp3) is 0.0667. The number of aliphatic hydroxyl groups is 1. The Morgan fingerprint density at radius 3 is 2.81 bits per heavy atom. The van der Waals surface area contributed by atoms with Crippen LogP contribution in [0.4, 0.5) is 5.82 Å². The van der Waals surface area contributed by atoms with Crippen molar-refractivity contribution in [3.05, 3.63) is 57.7 Å². The third kappa shape index (κ3) is 4.20. The fourth-order valence-corrected chi connectivity index (χ4v) is 2.06. The Morgan fingerprint density at radius 2 is 2.10 bits per heavy atom. The van der Waals surface area contributed by atoms with E-state index in [2.05, 4.69) is 22.1 Å². The highest BCUT2D eigenvalue weighted by atomic mass is 35.5. The molecule has 0 aliphatic carbocycles. The molecule has 0 aliphatic heterocycles. The van der Waals surface area contributed by atoms with E-state index in [4.69, 9.17) is 28.3 Å². The maximum absolute atomic E-state index is 12.1. The van der Waals surface area contributed by atoms with Gasteiger partial charge in [0.2, 0.25) is 0 Å². The summed E-state index contributed by atoms with van der Waals surface area (Å²) in [5.74, 6) is 5.10. The first kappa shape index (κ1) is 15.3. The molecule has 6 heteroatoms. The Hall–Kier alpha value is -2.06. The van der Waals surface area contributed by atoms with Crippen LogP contribution in [0.15, 0.2) is 36.4 Å². The minimum Gasteiger partial charge on any atom is -0.384 e. The van der Waals surface area contributed by atoms with Crippen LogP contribution in [0.1, 0.15) is 16.1 Å². The smallest absolute Gasteiger partial charge is 0.258 e. The summed E-state index contributed by atoms with van der Waals surface area (Å²) in [6, 6.07) is 9.62. The molecule has 4 nitrogen and oxygen atoms in total. The molecule has 0 unspecified atom stereocenters. The lowest BCUT2D eigenvalue weighted by atomic mass is 10.2. The molecule has 1 amide bonds. The topological polar surface area (TPSA) is 62.2 Å². The number of pyridine rings is 1. The van der Waals surface area contributed by atoms with E-state index in [0.717, 1.165) is 0 Å². The summed E-state index contributed by atoms with van der Waals surface area (Å²) in [5.41, 5.74) is 0.749. The van der Waals surface area contributed by atoms with Gasteiger partial charge >= 0.3 is 0 Å². The van der Waals surface area contributed by atoms with E-state index in [1.165, 1.54) is 12.1 Å². The van der Waals surface area contributed by atoms with Crippen LogP contribution in [0.5, 0.6) is 0 Å².